The van der Waals surface area contributed by atoms with Gasteiger partial charge in [-0.2, -0.15) is 0 Å². The molecule has 0 bridgehead atoms. The van der Waals surface area contributed by atoms with E-state index in [0.717, 1.165) is 33.5 Å². The maximum absolute atomic E-state index is 13.6. The molecule has 10 rings (SSSR count). The zero-order valence-electron chi connectivity index (χ0n) is 48.7. The van der Waals surface area contributed by atoms with E-state index in [-0.39, 0.29) is 43.3 Å². The van der Waals surface area contributed by atoms with Crippen LogP contribution in [-0.2, 0) is 46.0 Å². The van der Waals surface area contributed by atoms with Crippen molar-refractivity contribution in [2.45, 2.75) is 103 Å². The summed E-state index contributed by atoms with van der Waals surface area (Å²) in [5.74, 6) is -0.118. The van der Waals surface area contributed by atoms with Crippen LogP contribution in [0.4, 0.5) is 22.7 Å². The van der Waals surface area contributed by atoms with E-state index in [0.29, 0.717) is 98.4 Å². The summed E-state index contributed by atoms with van der Waals surface area (Å²) in [4.78, 5) is 65.2. The minimum atomic E-state index is -0.531. The molecule has 1 aliphatic rings. The van der Waals surface area contributed by atoms with Crippen molar-refractivity contribution in [3.63, 3.8) is 0 Å². The van der Waals surface area contributed by atoms with Crippen molar-refractivity contribution in [3.05, 3.63) is 167 Å². The molecule has 0 fully saturated rings. The van der Waals surface area contributed by atoms with E-state index >= 15 is 0 Å². The number of hydrogen-bond acceptors (Lipinski definition) is 16. The number of carbonyl (C=O) groups is 4. The summed E-state index contributed by atoms with van der Waals surface area (Å²) in [6.45, 7) is 15.8. The summed E-state index contributed by atoms with van der Waals surface area (Å²) in [5.41, 5.74) is 14.8. The molecule has 1 aliphatic heterocycles. The monoisotopic (exact) mass is 1180 g/mol. The summed E-state index contributed by atoms with van der Waals surface area (Å²) in [6, 6.07) is 38.9. The van der Waals surface area contributed by atoms with Crippen molar-refractivity contribution in [2.75, 3.05) is 47.3 Å². The summed E-state index contributed by atoms with van der Waals surface area (Å²) >= 11 is 2.63. The Morgan fingerprint density at radius 1 is 0.765 bits per heavy atom. The number of thiophene rings is 1. The first-order valence-corrected chi connectivity index (χ1v) is 29.9. The van der Waals surface area contributed by atoms with Gasteiger partial charge in [-0.25, -0.2) is 19.3 Å². The molecule has 4 aromatic heterocycles. The molecule has 22 heteroatoms. The molecule has 5 heterocycles. The number of ether oxygens (including phenoxy) is 2. The molecule has 438 valence electrons. The Labute approximate surface area is 501 Å². The number of thioether (sulfide) groups is 1. The van der Waals surface area contributed by atoms with Gasteiger partial charge in [0, 0.05) is 51.6 Å². The van der Waals surface area contributed by atoms with Gasteiger partial charge in [0.05, 0.1) is 68.6 Å². The average molecular weight is 1180 g/mol. The van der Waals surface area contributed by atoms with Crippen LogP contribution < -0.4 is 36.6 Å². The van der Waals surface area contributed by atoms with Gasteiger partial charge in [-0.1, -0.05) is 95.8 Å². The maximum Gasteiger partial charge on any atom is 0.263 e. The molecule has 85 heavy (non-hydrogen) atoms. The lowest BCUT2D eigenvalue weighted by Crippen LogP contribution is -2.55. The Kier molecular flexibility index (Phi) is 17.5. The van der Waals surface area contributed by atoms with Crippen molar-refractivity contribution in [3.8, 4) is 28.1 Å². The van der Waals surface area contributed by atoms with Gasteiger partial charge in [-0.05, 0) is 124 Å². The first-order valence-electron chi connectivity index (χ1n) is 27.8. The standard InChI is InChI=1S/C63H68N14O6S2/c1-39(78)77-51-26-23-46(67-57(80)42-19-17-41(18-20-42)40-13-10-9-11-14-40)32-50(51)63(7,38-62(77,5)6)44-21-24-49(25-22-44)83-37-48-36-76(74-72-48)28-30-82-29-27-75-35-47(71-73-75)33-66-52(79)34-65-45-16-12-15-43(31-45)55-53-54(64)56(58(81)70-61(2,3)4)85-59(53)69-60(68-55)84-8/h9-26,31-32,35-36,65H,27-30,33-34,37-38,64H2,1-8H3,(H,66,79)(H,67,80)(H,70,81)/t63-/m1/s1. The molecule has 5 aromatic carbocycles. The summed E-state index contributed by atoms with van der Waals surface area (Å²) < 4.78 is 15.4. The molecule has 20 nitrogen and oxygen atoms in total. The number of aromatic nitrogens is 8. The largest absolute Gasteiger partial charge is 0.487 e. The van der Waals surface area contributed by atoms with Crippen molar-refractivity contribution in [1.82, 2.24) is 50.6 Å². The van der Waals surface area contributed by atoms with Crippen molar-refractivity contribution >= 4 is 79.7 Å². The summed E-state index contributed by atoms with van der Waals surface area (Å²) in [5, 5.41) is 30.3. The van der Waals surface area contributed by atoms with E-state index in [4.69, 9.17) is 20.2 Å². The number of benzene rings is 5. The summed E-state index contributed by atoms with van der Waals surface area (Å²) in [6.07, 6.45) is 6.12. The predicted molar refractivity (Wildman–Crippen MR) is 333 cm³/mol. The highest BCUT2D eigenvalue weighted by Gasteiger charge is 2.47. The predicted octanol–water partition coefficient (Wildman–Crippen LogP) is 10.2. The molecule has 0 aliphatic carbocycles. The van der Waals surface area contributed by atoms with E-state index in [1.807, 2.05) is 147 Å². The van der Waals surface area contributed by atoms with Crippen LogP contribution in [0.3, 0.4) is 0 Å². The number of carbonyl (C=O) groups excluding carboxylic acids is 4. The Bertz CT molecular complexity index is 3900. The second-order valence-corrected chi connectivity index (χ2v) is 24.4. The molecule has 1 atom stereocenters. The third kappa shape index (κ3) is 13.8. The van der Waals surface area contributed by atoms with Crippen molar-refractivity contribution in [2.24, 2.45) is 0 Å². The third-order valence-electron chi connectivity index (χ3n) is 14.5. The smallest absolute Gasteiger partial charge is 0.263 e. The van der Waals surface area contributed by atoms with Gasteiger partial charge in [0.15, 0.2) is 5.16 Å². The van der Waals surface area contributed by atoms with Gasteiger partial charge >= 0.3 is 0 Å². The molecule has 0 radical (unpaired) electrons. The van der Waals surface area contributed by atoms with Gasteiger partial charge in [0.1, 0.15) is 33.5 Å². The van der Waals surface area contributed by atoms with Crippen LogP contribution >= 0.6 is 23.1 Å². The fraction of sp³-hybridized carbons (Fsp3) is 0.302. The van der Waals surface area contributed by atoms with E-state index < -0.39 is 16.5 Å². The number of nitrogens with one attached hydrogen (secondary N) is 4. The van der Waals surface area contributed by atoms with Gasteiger partial charge < -0.3 is 41.4 Å². The number of nitrogens with two attached hydrogens (primary N) is 1. The Morgan fingerprint density at radius 2 is 1.45 bits per heavy atom. The second-order valence-electron chi connectivity index (χ2n) is 22.7. The molecule has 0 spiro atoms. The summed E-state index contributed by atoms with van der Waals surface area (Å²) in [7, 11) is 0. The zero-order valence-corrected chi connectivity index (χ0v) is 50.4. The Balaban J connectivity index is 0.668. The number of rotatable bonds is 21. The average Bonchev–Trinajstić information content (AvgIpc) is 2.12. The number of hydrogen-bond donors (Lipinski definition) is 5. The molecular weight excluding hydrogens is 1110 g/mol. The highest BCUT2D eigenvalue weighted by molar-refractivity contribution is 7.98. The van der Waals surface area contributed by atoms with Crippen LogP contribution in [0.5, 0.6) is 5.75 Å². The molecule has 9 aromatic rings. The van der Waals surface area contributed by atoms with Crippen LogP contribution in [-0.4, -0.2) is 101 Å². The molecule has 4 amide bonds. The molecular formula is C63H68N14O6S2. The van der Waals surface area contributed by atoms with E-state index in [1.54, 1.807) is 22.5 Å². The minimum Gasteiger partial charge on any atom is -0.487 e. The van der Waals surface area contributed by atoms with Crippen LogP contribution in [0.15, 0.2) is 139 Å². The molecule has 0 saturated carbocycles. The SMILES string of the molecule is CSc1nc(-c2cccc(NCC(=O)NCc3cn(CCOCCn4cc(COc5ccc([C@@]6(C)CC(C)(C)N(C(C)=O)c7ccc(NC(=O)c8ccc(-c9ccccc9)cc8)cc76)cc5)nn4)nn3)c2)c2c(N)c(C(=O)NC(C)(C)C)sc2n1. The Hall–Kier alpha value is -8.99. The lowest BCUT2D eigenvalue weighted by atomic mass is 9.65. The lowest BCUT2D eigenvalue weighted by Gasteiger charge is -2.51. The highest BCUT2D eigenvalue weighted by Crippen LogP contribution is 2.51. The van der Waals surface area contributed by atoms with E-state index in [2.05, 4.69) is 79.8 Å². The van der Waals surface area contributed by atoms with Gasteiger partial charge in [-0.15, -0.1) is 21.5 Å². The van der Waals surface area contributed by atoms with Crippen LogP contribution in [0.25, 0.3) is 32.6 Å². The van der Waals surface area contributed by atoms with Crippen molar-refractivity contribution < 1.29 is 28.7 Å². The molecule has 0 saturated heterocycles. The third-order valence-corrected chi connectivity index (χ3v) is 16.2. The number of anilines is 4. The van der Waals surface area contributed by atoms with Crippen LogP contribution in [0, 0.1) is 0 Å². The van der Waals surface area contributed by atoms with Crippen LogP contribution in [0.2, 0.25) is 0 Å². The van der Waals surface area contributed by atoms with E-state index in [9.17, 15) is 19.2 Å². The van der Waals surface area contributed by atoms with Gasteiger partial charge in [0.25, 0.3) is 11.8 Å². The number of nitrogens with zero attached hydrogens (tertiary/aromatic N) is 9. The van der Waals surface area contributed by atoms with Gasteiger partial charge in [-0.3, -0.25) is 19.2 Å². The van der Waals surface area contributed by atoms with E-state index in [1.165, 1.54) is 23.1 Å². The lowest BCUT2D eigenvalue weighted by molar-refractivity contribution is -0.119. The normalized spacial score (nSPS) is 14.6. The zero-order chi connectivity index (χ0) is 60.0. The van der Waals surface area contributed by atoms with Gasteiger partial charge in [0.2, 0.25) is 11.8 Å². The first-order chi connectivity index (χ1) is 40.7. The number of nitrogen functional groups attached to an aromatic ring is 1. The number of fused-ring (bicyclic) bond motifs is 2. The topological polar surface area (TPSA) is 251 Å². The molecule has 6 N–H and O–H groups in total. The fourth-order valence-electron chi connectivity index (χ4n) is 10.7. The van der Waals surface area contributed by atoms with Crippen molar-refractivity contribution in [1.29, 1.82) is 0 Å². The first kappa shape index (κ1) is 59.2. The minimum absolute atomic E-state index is 0.00628. The van der Waals surface area contributed by atoms with Crippen LogP contribution in [0.1, 0.15) is 97.4 Å². The highest BCUT2D eigenvalue weighted by atomic mass is 32.2. The maximum atomic E-state index is 13.6. The molecule has 0 unspecified atom stereocenters. The quantitative estimate of drug-likeness (QED) is 0.0255. The second kappa shape index (κ2) is 25.1. The Morgan fingerprint density at radius 3 is 2.14 bits per heavy atom. The number of amides is 4. The fourth-order valence-corrected chi connectivity index (χ4v) is 12.1.